The Kier molecular flexibility index (Phi) is 3.44. The van der Waals surface area contributed by atoms with Crippen LogP contribution in [0.4, 0.5) is 5.69 Å². The zero-order valence-electron chi connectivity index (χ0n) is 9.86. The Balaban J connectivity index is 2.18. The number of nitrogens with one attached hydrogen (secondary N) is 1. The lowest BCUT2D eigenvalue weighted by atomic mass is 10.1. The van der Waals surface area contributed by atoms with E-state index in [0.717, 1.165) is 24.5 Å². The van der Waals surface area contributed by atoms with Crippen LogP contribution in [0.25, 0.3) is 0 Å². The molecule has 0 fully saturated rings. The van der Waals surface area contributed by atoms with Crippen LogP contribution >= 0.6 is 12.2 Å². The molecule has 1 aromatic rings. The molecule has 2 nitrogen and oxygen atoms in total. The molecule has 1 atom stereocenters. The summed E-state index contributed by atoms with van der Waals surface area (Å²) in [5.41, 5.74) is 2.67. The lowest BCUT2D eigenvalue weighted by Gasteiger charge is -2.25. The van der Waals surface area contributed by atoms with Crippen LogP contribution in [0, 0.1) is 0 Å². The van der Waals surface area contributed by atoms with Crippen LogP contribution in [0.15, 0.2) is 24.3 Å². The zero-order valence-corrected chi connectivity index (χ0v) is 10.7. The van der Waals surface area contributed by atoms with Crippen LogP contribution in [0.3, 0.4) is 0 Å². The molecular weight excluding hydrogens is 216 g/mol. The molecule has 0 aromatic heterocycles. The molecule has 0 amide bonds. The second kappa shape index (κ2) is 4.83. The van der Waals surface area contributed by atoms with E-state index in [1.54, 1.807) is 0 Å². The van der Waals surface area contributed by atoms with Crippen LogP contribution in [0.2, 0.25) is 0 Å². The largest absolute Gasteiger partial charge is 0.362 e. The van der Waals surface area contributed by atoms with Gasteiger partial charge in [0.2, 0.25) is 0 Å². The molecule has 0 spiro atoms. The molecule has 2 rings (SSSR count). The molecule has 3 heteroatoms. The average molecular weight is 234 g/mol. The summed E-state index contributed by atoms with van der Waals surface area (Å²) >= 11 is 5.45. The number of thiocarbonyl (C=S) groups is 1. The Morgan fingerprint density at radius 3 is 3.00 bits per heavy atom. The third-order valence-corrected chi connectivity index (χ3v) is 3.29. The minimum Gasteiger partial charge on any atom is -0.362 e. The fourth-order valence-corrected chi connectivity index (χ4v) is 2.57. The molecule has 1 aliphatic rings. The average Bonchev–Trinajstić information content (AvgIpc) is 2.62. The highest BCUT2D eigenvalue weighted by atomic mass is 32.1. The molecule has 0 saturated heterocycles. The van der Waals surface area contributed by atoms with Gasteiger partial charge in [-0.1, -0.05) is 25.1 Å². The topological polar surface area (TPSA) is 15.3 Å². The second-order valence-electron chi connectivity index (χ2n) is 4.28. The van der Waals surface area contributed by atoms with Crippen LogP contribution < -0.4 is 10.2 Å². The summed E-state index contributed by atoms with van der Waals surface area (Å²) in [5.74, 6) is 0. The van der Waals surface area contributed by atoms with Gasteiger partial charge in [0.15, 0.2) is 5.11 Å². The summed E-state index contributed by atoms with van der Waals surface area (Å²) in [6, 6.07) is 8.98. The summed E-state index contributed by atoms with van der Waals surface area (Å²) in [4.78, 5) is 2.24. The standard InChI is InChI=1S/C13H18N2S/c1-3-8-14-13(16)15-10(2)9-11-6-4-5-7-12(11)15/h4-7,10H,3,8-9H2,1-2H3,(H,14,16)/t10-/m1/s1. The Labute approximate surface area is 103 Å². The molecular formula is C13H18N2S. The fraction of sp³-hybridized carbons (Fsp3) is 0.462. The van der Waals surface area contributed by atoms with Gasteiger partial charge in [-0.2, -0.15) is 0 Å². The number of benzene rings is 1. The molecule has 1 aliphatic heterocycles. The maximum Gasteiger partial charge on any atom is 0.173 e. The zero-order chi connectivity index (χ0) is 11.5. The smallest absolute Gasteiger partial charge is 0.173 e. The summed E-state index contributed by atoms with van der Waals surface area (Å²) < 4.78 is 0. The summed E-state index contributed by atoms with van der Waals surface area (Å²) in [7, 11) is 0. The van der Waals surface area contributed by atoms with Crippen molar-refractivity contribution < 1.29 is 0 Å². The van der Waals surface area contributed by atoms with Gasteiger partial charge in [-0.15, -0.1) is 0 Å². The quantitative estimate of drug-likeness (QED) is 0.792. The third-order valence-electron chi connectivity index (χ3n) is 2.95. The maximum atomic E-state index is 5.45. The Morgan fingerprint density at radius 2 is 2.25 bits per heavy atom. The Bertz CT molecular complexity index is 389. The Morgan fingerprint density at radius 1 is 1.50 bits per heavy atom. The molecule has 0 saturated carbocycles. The molecule has 1 aromatic carbocycles. The number of para-hydroxylation sites is 1. The molecule has 0 aliphatic carbocycles. The van der Waals surface area contributed by atoms with E-state index in [-0.39, 0.29) is 0 Å². The van der Waals surface area contributed by atoms with Crippen molar-refractivity contribution in [2.24, 2.45) is 0 Å². The highest BCUT2D eigenvalue weighted by Crippen LogP contribution is 2.31. The number of fused-ring (bicyclic) bond motifs is 1. The molecule has 0 unspecified atom stereocenters. The first-order valence-corrected chi connectivity index (χ1v) is 6.29. The van der Waals surface area contributed by atoms with Gasteiger partial charge >= 0.3 is 0 Å². The summed E-state index contributed by atoms with van der Waals surface area (Å²) in [6.07, 6.45) is 2.19. The van der Waals surface area contributed by atoms with Crippen molar-refractivity contribution in [2.45, 2.75) is 32.7 Å². The number of hydrogen-bond donors (Lipinski definition) is 1. The number of nitrogens with zero attached hydrogens (tertiary/aromatic N) is 1. The summed E-state index contributed by atoms with van der Waals surface area (Å²) in [5, 5.41) is 4.16. The van der Waals surface area contributed by atoms with Crippen LogP contribution in [-0.2, 0) is 6.42 Å². The normalized spacial score (nSPS) is 18.4. The number of rotatable bonds is 2. The monoisotopic (exact) mass is 234 g/mol. The van der Waals surface area contributed by atoms with Gasteiger partial charge in [0.25, 0.3) is 0 Å². The second-order valence-corrected chi connectivity index (χ2v) is 4.67. The molecule has 1 heterocycles. The van der Waals surface area contributed by atoms with Crippen molar-refractivity contribution >= 4 is 23.0 Å². The predicted octanol–water partition coefficient (Wildman–Crippen LogP) is 2.72. The predicted molar refractivity (Wildman–Crippen MR) is 73.0 cm³/mol. The molecule has 16 heavy (non-hydrogen) atoms. The van der Waals surface area contributed by atoms with Gasteiger partial charge < -0.3 is 10.2 Å². The number of anilines is 1. The van der Waals surface area contributed by atoms with Crippen molar-refractivity contribution in [1.29, 1.82) is 0 Å². The van der Waals surface area contributed by atoms with E-state index < -0.39 is 0 Å². The first-order chi connectivity index (χ1) is 7.74. The molecule has 1 N–H and O–H groups in total. The molecule has 0 bridgehead atoms. The third kappa shape index (κ3) is 2.05. The first kappa shape index (κ1) is 11.4. The Hall–Kier alpha value is -1.09. The number of hydrogen-bond acceptors (Lipinski definition) is 1. The van der Waals surface area contributed by atoms with Crippen LogP contribution in [0.1, 0.15) is 25.8 Å². The molecule has 0 radical (unpaired) electrons. The fourth-order valence-electron chi connectivity index (χ4n) is 2.19. The minimum absolute atomic E-state index is 0.467. The first-order valence-electron chi connectivity index (χ1n) is 5.89. The lowest BCUT2D eigenvalue weighted by molar-refractivity contribution is 0.749. The van der Waals surface area contributed by atoms with Gasteiger partial charge in [0.05, 0.1) is 0 Å². The summed E-state index contributed by atoms with van der Waals surface area (Å²) in [6.45, 7) is 5.32. The van der Waals surface area contributed by atoms with Crippen molar-refractivity contribution in [3.63, 3.8) is 0 Å². The lowest BCUT2D eigenvalue weighted by Crippen LogP contribution is -2.43. The van der Waals surface area contributed by atoms with E-state index in [2.05, 4.69) is 48.3 Å². The SMILES string of the molecule is CCCNC(=S)N1c2ccccc2C[C@H]1C. The van der Waals surface area contributed by atoms with E-state index in [1.165, 1.54) is 11.3 Å². The maximum absolute atomic E-state index is 5.45. The highest BCUT2D eigenvalue weighted by Gasteiger charge is 2.27. The van der Waals surface area contributed by atoms with Gasteiger partial charge in [-0.3, -0.25) is 0 Å². The van der Waals surface area contributed by atoms with Crippen molar-refractivity contribution in [3.8, 4) is 0 Å². The van der Waals surface area contributed by atoms with Gasteiger partial charge in [0, 0.05) is 18.3 Å². The molecule has 86 valence electrons. The van der Waals surface area contributed by atoms with Gasteiger partial charge in [-0.05, 0) is 43.6 Å². The van der Waals surface area contributed by atoms with E-state index in [1.807, 2.05) is 0 Å². The van der Waals surface area contributed by atoms with Crippen molar-refractivity contribution in [3.05, 3.63) is 29.8 Å². The van der Waals surface area contributed by atoms with E-state index >= 15 is 0 Å². The van der Waals surface area contributed by atoms with E-state index in [4.69, 9.17) is 12.2 Å². The minimum atomic E-state index is 0.467. The van der Waals surface area contributed by atoms with E-state index in [0.29, 0.717) is 6.04 Å². The van der Waals surface area contributed by atoms with Crippen LogP contribution in [-0.4, -0.2) is 17.7 Å². The van der Waals surface area contributed by atoms with Crippen molar-refractivity contribution in [2.75, 3.05) is 11.4 Å². The van der Waals surface area contributed by atoms with Crippen LogP contribution in [0.5, 0.6) is 0 Å². The van der Waals surface area contributed by atoms with Crippen molar-refractivity contribution in [1.82, 2.24) is 5.32 Å². The van der Waals surface area contributed by atoms with Gasteiger partial charge in [-0.25, -0.2) is 0 Å². The van der Waals surface area contributed by atoms with Gasteiger partial charge in [0.1, 0.15) is 0 Å². The van der Waals surface area contributed by atoms with E-state index in [9.17, 15) is 0 Å². The highest BCUT2D eigenvalue weighted by molar-refractivity contribution is 7.80.